The molecule has 130 valence electrons. The molecule has 0 aliphatic rings. The number of aliphatic hydroxyl groups excluding tert-OH is 1. The van der Waals surface area contributed by atoms with Crippen molar-refractivity contribution < 1.29 is 19.1 Å². The highest BCUT2D eigenvalue weighted by Crippen LogP contribution is 2.18. The highest BCUT2D eigenvalue weighted by atomic mass is 16.5. The molecule has 0 aliphatic heterocycles. The van der Waals surface area contributed by atoms with Crippen LogP contribution in [0, 0.1) is 0 Å². The van der Waals surface area contributed by atoms with Crippen LogP contribution in [0.5, 0.6) is 0 Å². The van der Waals surface area contributed by atoms with Crippen molar-refractivity contribution in [3.8, 4) is 0 Å². The highest BCUT2D eigenvalue weighted by molar-refractivity contribution is 5.89. The lowest BCUT2D eigenvalue weighted by atomic mass is 10.1. The van der Waals surface area contributed by atoms with Gasteiger partial charge in [0.2, 0.25) is 0 Å². The van der Waals surface area contributed by atoms with Gasteiger partial charge in [0, 0.05) is 24.8 Å². The molecule has 0 bridgehead atoms. The number of hydrogen-bond donors (Lipinski definition) is 3. The molecule has 0 saturated carbocycles. The molecule has 6 heteroatoms. The summed E-state index contributed by atoms with van der Waals surface area (Å²) in [7, 11) is 0. The topological polar surface area (TPSA) is 83.7 Å². The fourth-order valence-electron chi connectivity index (χ4n) is 2.29. The van der Waals surface area contributed by atoms with Crippen LogP contribution in [0.4, 0.5) is 10.5 Å². The van der Waals surface area contributed by atoms with Gasteiger partial charge in [0.1, 0.15) is 11.9 Å². The van der Waals surface area contributed by atoms with Gasteiger partial charge in [-0.1, -0.05) is 12.1 Å². The average Bonchev–Trinajstić information content (AvgIpc) is 3.08. The molecular formula is C18H24N2O4. The van der Waals surface area contributed by atoms with Crippen LogP contribution in [0.25, 0.3) is 0 Å². The number of anilines is 1. The molecule has 6 nitrogen and oxygen atoms in total. The van der Waals surface area contributed by atoms with E-state index in [9.17, 15) is 9.90 Å². The molecule has 24 heavy (non-hydrogen) atoms. The zero-order chi connectivity index (χ0) is 17.4. The summed E-state index contributed by atoms with van der Waals surface area (Å²) in [6, 6.07) is 10.4. The lowest BCUT2D eigenvalue weighted by Crippen LogP contribution is -2.37. The Labute approximate surface area is 141 Å². The van der Waals surface area contributed by atoms with Crippen molar-refractivity contribution in [2.45, 2.75) is 39.0 Å². The number of aliphatic hydroxyl groups is 1. The van der Waals surface area contributed by atoms with E-state index in [0.717, 1.165) is 5.56 Å². The van der Waals surface area contributed by atoms with Crippen molar-refractivity contribution in [1.82, 2.24) is 5.32 Å². The van der Waals surface area contributed by atoms with Crippen molar-refractivity contribution in [2.75, 3.05) is 11.9 Å². The molecular weight excluding hydrogens is 308 g/mol. The highest BCUT2D eigenvalue weighted by Gasteiger charge is 2.16. The Morgan fingerprint density at radius 2 is 2.04 bits per heavy atom. The van der Waals surface area contributed by atoms with Gasteiger partial charge in [-0.15, -0.1) is 0 Å². The standard InChI is InChI=1S/C18H24N2O4/c1-3-23-12-14-6-8-15(9-7-14)20-18(22)19-13(2)11-16(21)17-5-4-10-24-17/h4-10,13,16,21H,3,11-12H2,1-2H3,(H2,19,20,22). The normalized spacial score (nSPS) is 13.3. The predicted molar refractivity (Wildman–Crippen MR) is 91.7 cm³/mol. The molecule has 1 aromatic carbocycles. The number of benzene rings is 1. The smallest absolute Gasteiger partial charge is 0.319 e. The number of rotatable bonds is 8. The Balaban J connectivity index is 1.77. The molecule has 2 atom stereocenters. The molecule has 2 unspecified atom stereocenters. The molecule has 2 amide bonds. The van der Waals surface area contributed by atoms with Gasteiger partial charge in [-0.05, 0) is 43.7 Å². The number of carbonyl (C=O) groups excluding carboxylic acids is 1. The van der Waals surface area contributed by atoms with Crippen LogP contribution in [-0.2, 0) is 11.3 Å². The van der Waals surface area contributed by atoms with Crippen molar-refractivity contribution in [3.63, 3.8) is 0 Å². The fraction of sp³-hybridized carbons (Fsp3) is 0.389. The van der Waals surface area contributed by atoms with E-state index in [0.29, 0.717) is 31.1 Å². The predicted octanol–water partition coefficient (Wildman–Crippen LogP) is 3.45. The van der Waals surface area contributed by atoms with E-state index in [1.807, 2.05) is 38.1 Å². The molecule has 0 aliphatic carbocycles. The van der Waals surface area contributed by atoms with Gasteiger partial charge in [0.15, 0.2) is 0 Å². The maximum absolute atomic E-state index is 12.0. The quantitative estimate of drug-likeness (QED) is 0.691. The maximum Gasteiger partial charge on any atom is 0.319 e. The fourth-order valence-corrected chi connectivity index (χ4v) is 2.29. The van der Waals surface area contributed by atoms with E-state index < -0.39 is 6.10 Å². The number of amides is 2. The molecule has 0 saturated heterocycles. The Kier molecular flexibility index (Phi) is 6.84. The maximum atomic E-state index is 12.0. The van der Waals surface area contributed by atoms with Crippen LogP contribution in [0.2, 0.25) is 0 Å². The monoisotopic (exact) mass is 332 g/mol. The zero-order valence-electron chi connectivity index (χ0n) is 14.0. The van der Waals surface area contributed by atoms with E-state index in [4.69, 9.17) is 9.15 Å². The minimum Gasteiger partial charge on any atom is -0.467 e. The zero-order valence-corrected chi connectivity index (χ0v) is 14.0. The van der Waals surface area contributed by atoms with Gasteiger partial charge in [0.05, 0.1) is 12.9 Å². The van der Waals surface area contributed by atoms with E-state index in [2.05, 4.69) is 10.6 Å². The summed E-state index contributed by atoms with van der Waals surface area (Å²) >= 11 is 0. The van der Waals surface area contributed by atoms with Gasteiger partial charge in [-0.3, -0.25) is 0 Å². The number of furan rings is 1. The van der Waals surface area contributed by atoms with Gasteiger partial charge in [-0.25, -0.2) is 4.79 Å². The Morgan fingerprint density at radius 3 is 2.67 bits per heavy atom. The molecule has 0 fully saturated rings. The number of hydrogen-bond acceptors (Lipinski definition) is 4. The summed E-state index contributed by atoms with van der Waals surface area (Å²) < 4.78 is 10.5. The summed E-state index contributed by atoms with van der Waals surface area (Å²) in [5.41, 5.74) is 1.75. The summed E-state index contributed by atoms with van der Waals surface area (Å²) in [6.45, 7) is 5.01. The van der Waals surface area contributed by atoms with Crippen LogP contribution in [-0.4, -0.2) is 23.8 Å². The second kappa shape index (κ2) is 9.10. The second-order valence-corrected chi connectivity index (χ2v) is 5.60. The third kappa shape index (κ3) is 5.72. The molecule has 0 radical (unpaired) electrons. The number of nitrogens with one attached hydrogen (secondary N) is 2. The SMILES string of the molecule is CCOCc1ccc(NC(=O)NC(C)CC(O)c2ccco2)cc1. The molecule has 0 spiro atoms. The summed E-state index contributed by atoms with van der Waals surface area (Å²) in [5, 5.41) is 15.6. The average molecular weight is 332 g/mol. The van der Waals surface area contributed by atoms with E-state index in [1.54, 1.807) is 12.1 Å². The molecule has 3 N–H and O–H groups in total. The van der Waals surface area contributed by atoms with Crippen molar-refractivity contribution in [2.24, 2.45) is 0 Å². The molecule has 1 aromatic heterocycles. The third-order valence-electron chi connectivity index (χ3n) is 3.51. The van der Waals surface area contributed by atoms with Crippen LogP contribution in [0.1, 0.15) is 37.7 Å². The van der Waals surface area contributed by atoms with Crippen LogP contribution >= 0.6 is 0 Å². The van der Waals surface area contributed by atoms with E-state index in [1.165, 1.54) is 6.26 Å². The Bertz CT molecular complexity index is 610. The molecule has 1 heterocycles. The first kappa shape index (κ1) is 18.0. The first-order valence-electron chi connectivity index (χ1n) is 8.04. The summed E-state index contributed by atoms with van der Waals surface area (Å²) in [6.07, 6.45) is 1.14. The lowest BCUT2D eigenvalue weighted by molar-refractivity contribution is 0.130. The number of urea groups is 1. The van der Waals surface area contributed by atoms with Crippen molar-refractivity contribution in [3.05, 3.63) is 54.0 Å². The molecule has 2 aromatic rings. The summed E-state index contributed by atoms with van der Waals surface area (Å²) in [5.74, 6) is 0.494. The number of ether oxygens (including phenoxy) is 1. The Hall–Kier alpha value is -2.31. The largest absolute Gasteiger partial charge is 0.467 e. The van der Waals surface area contributed by atoms with Crippen molar-refractivity contribution >= 4 is 11.7 Å². The first-order chi connectivity index (χ1) is 11.6. The van der Waals surface area contributed by atoms with Crippen molar-refractivity contribution in [1.29, 1.82) is 0 Å². The minimum atomic E-state index is -0.742. The third-order valence-corrected chi connectivity index (χ3v) is 3.51. The summed E-state index contributed by atoms with van der Waals surface area (Å²) in [4.78, 5) is 12.0. The molecule has 2 rings (SSSR count). The lowest BCUT2D eigenvalue weighted by Gasteiger charge is -2.17. The van der Waals surface area contributed by atoms with Gasteiger partial charge >= 0.3 is 6.03 Å². The first-order valence-corrected chi connectivity index (χ1v) is 8.04. The van der Waals surface area contributed by atoms with Gasteiger partial charge in [-0.2, -0.15) is 0 Å². The van der Waals surface area contributed by atoms with E-state index >= 15 is 0 Å². The van der Waals surface area contributed by atoms with Gasteiger partial charge in [0.25, 0.3) is 0 Å². The van der Waals surface area contributed by atoms with Crippen LogP contribution < -0.4 is 10.6 Å². The number of carbonyl (C=O) groups is 1. The van der Waals surface area contributed by atoms with Crippen LogP contribution in [0.15, 0.2) is 47.1 Å². The van der Waals surface area contributed by atoms with Crippen LogP contribution in [0.3, 0.4) is 0 Å². The Morgan fingerprint density at radius 1 is 1.29 bits per heavy atom. The van der Waals surface area contributed by atoms with Gasteiger partial charge < -0.3 is 24.9 Å². The minimum absolute atomic E-state index is 0.206. The van der Waals surface area contributed by atoms with E-state index in [-0.39, 0.29) is 12.1 Å². The second-order valence-electron chi connectivity index (χ2n) is 5.60.